The van der Waals surface area contributed by atoms with Gasteiger partial charge >= 0.3 is 0 Å². The first-order valence-electron chi connectivity index (χ1n) is 6.54. The maximum Gasteiger partial charge on any atom is 0.283 e. The number of nitrogens with one attached hydrogen (secondary N) is 1. The minimum atomic E-state index is -0.903. The van der Waals surface area contributed by atoms with Gasteiger partial charge in [-0.15, -0.1) is 0 Å². The van der Waals surface area contributed by atoms with Crippen LogP contribution in [0.25, 0.3) is 11.3 Å². The van der Waals surface area contributed by atoms with Crippen molar-refractivity contribution in [1.82, 2.24) is 10.2 Å². The monoisotopic (exact) mass is 287 g/mol. The van der Waals surface area contributed by atoms with Gasteiger partial charge in [-0.2, -0.15) is 5.10 Å². The fourth-order valence-corrected chi connectivity index (χ4v) is 2.32. The molecule has 1 radical (unpaired) electrons. The second kappa shape index (κ2) is 5.62. The summed E-state index contributed by atoms with van der Waals surface area (Å²) in [5.74, 6) is 0.879. The van der Waals surface area contributed by atoms with Crippen LogP contribution in [0.15, 0.2) is 41.2 Å². The van der Waals surface area contributed by atoms with Crippen molar-refractivity contribution in [2.75, 3.05) is 0 Å². The van der Waals surface area contributed by atoms with Crippen molar-refractivity contribution >= 4 is 9.04 Å². The summed E-state index contributed by atoms with van der Waals surface area (Å²) in [7, 11) is -0.903. The molecule has 0 spiro atoms. The van der Waals surface area contributed by atoms with Crippen molar-refractivity contribution in [3.8, 4) is 17.0 Å². The Morgan fingerprint density at radius 3 is 2.25 bits per heavy atom. The molecular formula is C15H19N2O2Si. The van der Waals surface area contributed by atoms with Gasteiger partial charge < -0.3 is 4.43 Å². The number of hydrogen-bond acceptors (Lipinski definition) is 3. The van der Waals surface area contributed by atoms with Crippen LogP contribution >= 0.6 is 0 Å². The maximum atomic E-state index is 11.0. The molecule has 0 unspecified atom stereocenters. The molecule has 0 aliphatic heterocycles. The second-order valence-electron chi connectivity index (χ2n) is 5.74. The maximum absolute atomic E-state index is 11.0. The van der Waals surface area contributed by atoms with Crippen molar-refractivity contribution in [3.05, 3.63) is 46.8 Å². The van der Waals surface area contributed by atoms with E-state index in [0.29, 0.717) is 0 Å². The molecule has 1 aromatic carbocycles. The lowest BCUT2D eigenvalue weighted by atomic mass is 10.1. The van der Waals surface area contributed by atoms with Crippen molar-refractivity contribution < 1.29 is 4.43 Å². The molecule has 2 rings (SSSR count). The van der Waals surface area contributed by atoms with Crippen LogP contribution < -0.4 is 9.99 Å². The Labute approximate surface area is 120 Å². The smallest absolute Gasteiger partial charge is 0.283 e. The van der Waals surface area contributed by atoms with E-state index in [1.165, 1.54) is 6.07 Å². The molecule has 0 aliphatic rings. The van der Waals surface area contributed by atoms with Gasteiger partial charge in [0.15, 0.2) is 0 Å². The predicted molar refractivity (Wildman–Crippen MR) is 82.3 cm³/mol. The van der Waals surface area contributed by atoms with Crippen molar-refractivity contribution in [3.63, 3.8) is 0 Å². The molecule has 4 nitrogen and oxygen atoms in total. The quantitative estimate of drug-likeness (QED) is 0.882. The van der Waals surface area contributed by atoms with Crippen molar-refractivity contribution in [2.24, 2.45) is 0 Å². The highest BCUT2D eigenvalue weighted by Crippen LogP contribution is 2.29. The number of rotatable bonds is 3. The number of aromatic amines is 1. The van der Waals surface area contributed by atoms with Gasteiger partial charge in [0.05, 0.1) is 5.69 Å². The fraction of sp³-hybridized carbons (Fsp3) is 0.333. The summed E-state index contributed by atoms with van der Waals surface area (Å²) in [5, 5.41) is 6.64. The molecule has 1 aromatic heterocycles. The third kappa shape index (κ3) is 3.57. The topological polar surface area (TPSA) is 55.0 Å². The predicted octanol–water partition coefficient (Wildman–Crippen LogP) is 3.24. The van der Waals surface area contributed by atoms with E-state index in [-0.39, 0.29) is 10.6 Å². The van der Waals surface area contributed by atoms with Gasteiger partial charge in [0.1, 0.15) is 5.75 Å². The Morgan fingerprint density at radius 2 is 1.75 bits per heavy atom. The van der Waals surface area contributed by atoms with Crippen LogP contribution in [0.2, 0.25) is 11.6 Å². The first-order chi connectivity index (χ1) is 9.36. The summed E-state index contributed by atoms with van der Waals surface area (Å²) in [6.07, 6.45) is 0. The van der Waals surface area contributed by atoms with Crippen LogP contribution in [0, 0.1) is 0 Å². The van der Waals surface area contributed by atoms with E-state index in [1.54, 1.807) is 6.07 Å². The van der Waals surface area contributed by atoms with Gasteiger partial charge in [-0.05, 0) is 41.9 Å². The summed E-state index contributed by atoms with van der Waals surface area (Å²) in [4.78, 5) is 11.0. The second-order valence-corrected chi connectivity index (χ2v) is 8.56. The zero-order valence-corrected chi connectivity index (χ0v) is 13.2. The number of benzene rings is 1. The molecule has 1 heterocycles. The largest absolute Gasteiger partial charge is 0.542 e. The summed E-state index contributed by atoms with van der Waals surface area (Å²) in [6.45, 7) is 8.75. The lowest BCUT2D eigenvalue weighted by Gasteiger charge is -2.25. The molecule has 0 atom stereocenters. The molecule has 0 fully saturated rings. The normalized spacial score (nSPS) is 11.7. The summed E-state index contributed by atoms with van der Waals surface area (Å²) in [5.41, 5.74) is 1.50. The molecule has 0 amide bonds. The van der Waals surface area contributed by atoms with E-state index in [9.17, 15) is 4.79 Å². The summed E-state index contributed by atoms with van der Waals surface area (Å²) in [6, 6.07) is 11.0. The number of H-pyrrole nitrogens is 1. The third-order valence-electron chi connectivity index (χ3n) is 3.16. The molecule has 0 bridgehead atoms. The van der Waals surface area contributed by atoms with E-state index < -0.39 is 9.04 Å². The Hall–Kier alpha value is -1.88. The van der Waals surface area contributed by atoms with E-state index in [2.05, 4.69) is 37.5 Å². The van der Waals surface area contributed by atoms with Crippen molar-refractivity contribution in [1.29, 1.82) is 0 Å². The number of hydrogen-bond donors (Lipinski definition) is 1. The van der Waals surface area contributed by atoms with Crippen LogP contribution in [-0.2, 0) is 0 Å². The zero-order chi connectivity index (χ0) is 14.8. The molecule has 20 heavy (non-hydrogen) atoms. The molecule has 0 aliphatic carbocycles. The molecule has 2 aromatic rings. The van der Waals surface area contributed by atoms with Gasteiger partial charge in [-0.1, -0.05) is 20.8 Å². The van der Waals surface area contributed by atoms with E-state index in [4.69, 9.17) is 4.43 Å². The lowest BCUT2D eigenvalue weighted by Crippen LogP contribution is -2.28. The lowest BCUT2D eigenvalue weighted by molar-refractivity contribution is 0.520. The van der Waals surface area contributed by atoms with Gasteiger partial charge in [0.25, 0.3) is 14.6 Å². The first kappa shape index (κ1) is 14.5. The van der Waals surface area contributed by atoms with E-state index in [1.807, 2.05) is 24.3 Å². The molecule has 0 saturated heterocycles. The molecule has 1 N–H and O–H groups in total. The molecule has 0 saturated carbocycles. The summed E-state index contributed by atoms with van der Waals surface area (Å²) >= 11 is 0. The van der Waals surface area contributed by atoms with Crippen LogP contribution in [-0.4, -0.2) is 19.2 Å². The van der Waals surface area contributed by atoms with Crippen LogP contribution in [0.4, 0.5) is 0 Å². The summed E-state index contributed by atoms with van der Waals surface area (Å²) < 4.78 is 6.01. The highest BCUT2D eigenvalue weighted by molar-refractivity contribution is 6.54. The van der Waals surface area contributed by atoms with Crippen LogP contribution in [0.1, 0.15) is 20.8 Å². The Balaban J connectivity index is 2.14. The van der Waals surface area contributed by atoms with Crippen LogP contribution in [0.5, 0.6) is 5.75 Å². The SMILES string of the molecule is C[Si](Oc1ccc(-c2ccc(=O)[nH]n2)cc1)C(C)(C)C. The van der Waals surface area contributed by atoms with Crippen LogP contribution in [0.3, 0.4) is 0 Å². The first-order valence-corrected chi connectivity index (χ1v) is 8.45. The highest BCUT2D eigenvalue weighted by Gasteiger charge is 2.25. The number of aromatic nitrogens is 2. The average Bonchev–Trinajstić information content (AvgIpc) is 2.39. The third-order valence-corrected chi connectivity index (χ3v) is 5.81. The van der Waals surface area contributed by atoms with Gasteiger partial charge in [-0.3, -0.25) is 4.79 Å². The molecular weight excluding hydrogens is 268 g/mol. The average molecular weight is 287 g/mol. The minimum absolute atomic E-state index is 0.197. The number of nitrogens with zero attached hydrogens (tertiary/aromatic N) is 1. The molecule has 105 valence electrons. The van der Waals surface area contributed by atoms with Gasteiger partial charge in [0.2, 0.25) is 0 Å². The van der Waals surface area contributed by atoms with Gasteiger partial charge in [-0.25, -0.2) is 5.10 Å². The zero-order valence-electron chi connectivity index (χ0n) is 12.2. The van der Waals surface area contributed by atoms with Gasteiger partial charge in [0, 0.05) is 11.6 Å². The van der Waals surface area contributed by atoms with E-state index in [0.717, 1.165) is 17.0 Å². The van der Waals surface area contributed by atoms with E-state index >= 15 is 0 Å². The Kier molecular flexibility index (Phi) is 4.08. The fourth-order valence-electron chi connectivity index (χ4n) is 1.53. The highest BCUT2D eigenvalue weighted by atomic mass is 28.3. The minimum Gasteiger partial charge on any atom is -0.542 e. The Morgan fingerprint density at radius 1 is 1.10 bits per heavy atom. The molecule has 5 heteroatoms. The van der Waals surface area contributed by atoms with Crippen molar-refractivity contribution in [2.45, 2.75) is 32.4 Å². The standard InChI is InChI=1S/C15H19N2O2Si/c1-15(2,3)20(4)19-12-7-5-11(6-8-12)13-9-10-14(18)17-16-13/h5-10H,1-4H3,(H,17,18). The Bertz CT molecular complexity index is 609.